The van der Waals surface area contributed by atoms with Crippen molar-refractivity contribution < 1.29 is 14.4 Å². The molecule has 1 aliphatic carbocycles. The molecule has 5 aromatic rings. The van der Waals surface area contributed by atoms with Crippen molar-refractivity contribution in [3.05, 3.63) is 106 Å². The standard InChI is InChI=1S/C31H31N7O4/c32-24-14-21-6-7-22(13-23(21)15-24)27-16-33-28-30(40)37(19-34-38(27)28)18-31(41)8-10-36(11-9-31)29(39)25-17-42-35-26(25)12-20-4-2-1-3-5-20/h1-7,13,16-17,19,24,41H,8-12,14-15,18,32H2. The lowest BCUT2D eigenvalue weighted by Gasteiger charge is -2.38. The van der Waals surface area contributed by atoms with Crippen LogP contribution in [0.15, 0.2) is 76.6 Å². The van der Waals surface area contributed by atoms with Gasteiger partial charge in [0.1, 0.15) is 23.8 Å². The number of carbonyl (C=O) groups excluding carboxylic acids is 1. The maximum atomic E-state index is 13.4. The maximum Gasteiger partial charge on any atom is 0.296 e. The summed E-state index contributed by atoms with van der Waals surface area (Å²) in [7, 11) is 0. The van der Waals surface area contributed by atoms with Crippen LogP contribution in [0, 0.1) is 0 Å². The smallest absolute Gasteiger partial charge is 0.296 e. The molecule has 11 nitrogen and oxygen atoms in total. The van der Waals surface area contributed by atoms with E-state index in [-0.39, 0.29) is 29.7 Å². The first-order valence-corrected chi connectivity index (χ1v) is 14.2. The summed E-state index contributed by atoms with van der Waals surface area (Å²) in [6.45, 7) is 0.735. The number of hydrogen-bond donors (Lipinski definition) is 2. The van der Waals surface area contributed by atoms with Gasteiger partial charge in [0.2, 0.25) is 5.65 Å². The lowest BCUT2D eigenvalue weighted by Crippen LogP contribution is -2.49. The van der Waals surface area contributed by atoms with Crippen molar-refractivity contribution in [1.29, 1.82) is 0 Å². The third-order valence-corrected chi connectivity index (χ3v) is 8.50. The number of fused-ring (bicyclic) bond motifs is 2. The molecule has 1 atom stereocenters. The molecule has 0 bridgehead atoms. The van der Waals surface area contributed by atoms with E-state index in [2.05, 4.69) is 27.4 Å². The second-order valence-electron chi connectivity index (χ2n) is 11.4. The zero-order valence-electron chi connectivity index (χ0n) is 23.0. The van der Waals surface area contributed by atoms with E-state index in [9.17, 15) is 14.7 Å². The van der Waals surface area contributed by atoms with Crippen molar-refractivity contribution in [2.75, 3.05) is 13.1 Å². The van der Waals surface area contributed by atoms with Crippen molar-refractivity contribution in [2.45, 2.75) is 50.3 Å². The van der Waals surface area contributed by atoms with Gasteiger partial charge in [-0.1, -0.05) is 47.6 Å². The fourth-order valence-electron chi connectivity index (χ4n) is 6.15. The first-order valence-electron chi connectivity index (χ1n) is 14.2. The Balaban J connectivity index is 1.04. The van der Waals surface area contributed by atoms with E-state index in [0.29, 0.717) is 43.6 Å². The monoisotopic (exact) mass is 565 g/mol. The molecule has 1 fully saturated rings. The van der Waals surface area contributed by atoms with Crippen LogP contribution in [0.1, 0.15) is 45.6 Å². The molecule has 2 aromatic carbocycles. The topological polar surface area (TPSA) is 145 Å². The Morgan fingerprint density at radius 1 is 1.10 bits per heavy atom. The second-order valence-corrected chi connectivity index (χ2v) is 11.4. The summed E-state index contributed by atoms with van der Waals surface area (Å²) in [6, 6.07) is 16.1. The Morgan fingerprint density at radius 2 is 1.88 bits per heavy atom. The number of amides is 1. The summed E-state index contributed by atoms with van der Waals surface area (Å²) in [5, 5.41) is 20.0. The minimum atomic E-state index is -1.17. The normalized spacial score (nSPS) is 18.0. The van der Waals surface area contributed by atoms with Crippen LogP contribution in [0.2, 0.25) is 0 Å². The molecule has 0 saturated carbocycles. The highest BCUT2D eigenvalue weighted by molar-refractivity contribution is 5.95. The maximum absolute atomic E-state index is 13.4. The van der Waals surface area contributed by atoms with Crippen LogP contribution < -0.4 is 11.3 Å². The molecule has 0 spiro atoms. The fourth-order valence-corrected chi connectivity index (χ4v) is 6.15. The van der Waals surface area contributed by atoms with E-state index in [1.165, 1.54) is 28.3 Å². The average Bonchev–Trinajstić information content (AvgIpc) is 3.72. The van der Waals surface area contributed by atoms with E-state index >= 15 is 0 Å². The van der Waals surface area contributed by atoms with Gasteiger partial charge in [-0.25, -0.2) is 9.50 Å². The molecule has 0 radical (unpaired) electrons. The van der Waals surface area contributed by atoms with Gasteiger partial charge in [-0.2, -0.15) is 5.10 Å². The summed E-state index contributed by atoms with van der Waals surface area (Å²) in [4.78, 5) is 32.7. The molecule has 4 heterocycles. The lowest BCUT2D eigenvalue weighted by molar-refractivity contribution is -0.0300. The number of carbonyl (C=O) groups is 1. The lowest BCUT2D eigenvalue weighted by atomic mass is 9.91. The molecular formula is C31H31N7O4. The Bertz CT molecular complexity index is 1830. The molecule has 3 aromatic heterocycles. The predicted molar refractivity (Wildman–Crippen MR) is 154 cm³/mol. The predicted octanol–water partition coefficient (Wildman–Crippen LogP) is 2.23. The molecule has 2 aliphatic rings. The van der Waals surface area contributed by atoms with Gasteiger partial charge in [-0.05, 0) is 48.4 Å². The van der Waals surface area contributed by atoms with E-state index in [1.54, 1.807) is 15.6 Å². The number of aromatic nitrogens is 5. The molecule has 11 heteroatoms. The SMILES string of the molecule is NC1Cc2ccc(-c3cnc4c(=O)n(CC5(O)CCN(C(=O)c6conc6Cc6ccccc6)CC5)cnn34)cc2C1. The molecule has 1 saturated heterocycles. The second kappa shape index (κ2) is 10.3. The molecule has 214 valence electrons. The number of rotatable bonds is 6. The van der Waals surface area contributed by atoms with Gasteiger partial charge >= 0.3 is 0 Å². The third-order valence-electron chi connectivity index (χ3n) is 8.50. The van der Waals surface area contributed by atoms with Crippen LogP contribution in [0.4, 0.5) is 0 Å². The molecule has 42 heavy (non-hydrogen) atoms. The summed E-state index contributed by atoms with van der Waals surface area (Å²) >= 11 is 0. The van der Waals surface area contributed by atoms with E-state index in [0.717, 1.165) is 29.7 Å². The molecular weight excluding hydrogens is 534 g/mol. The summed E-state index contributed by atoms with van der Waals surface area (Å²) in [5.41, 5.74) is 11.0. The summed E-state index contributed by atoms with van der Waals surface area (Å²) in [5.74, 6) is -0.178. The van der Waals surface area contributed by atoms with E-state index in [4.69, 9.17) is 10.3 Å². The number of nitrogens with zero attached hydrogens (tertiary/aromatic N) is 6. The molecule has 7 rings (SSSR count). The highest BCUT2D eigenvalue weighted by Gasteiger charge is 2.36. The number of aliphatic hydroxyl groups is 1. The van der Waals surface area contributed by atoms with Gasteiger partial charge in [0.25, 0.3) is 11.5 Å². The molecule has 3 N–H and O–H groups in total. The zero-order valence-corrected chi connectivity index (χ0v) is 23.0. The molecule has 1 unspecified atom stereocenters. The van der Waals surface area contributed by atoms with Gasteiger partial charge in [-0.3, -0.25) is 14.2 Å². The molecule has 1 aliphatic heterocycles. The summed E-state index contributed by atoms with van der Waals surface area (Å²) < 4.78 is 8.10. The largest absolute Gasteiger partial charge is 0.388 e. The van der Waals surface area contributed by atoms with Gasteiger partial charge in [0, 0.05) is 31.1 Å². The van der Waals surface area contributed by atoms with Crippen molar-refractivity contribution >= 4 is 11.6 Å². The van der Waals surface area contributed by atoms with Crippen LogP contribution in [0.25, 0.3) is 16.9 Å². The van der Waals surface area contributed by atoms with Gasteiger partial charge in [0.05, 0.1) is 24.0 Å². The van der Waals surface area contributed by atoms with E-state index in [1.807, 2.05) is 36.4 Å². The van der Waals surface area contributed by atoms with Crippen LogP contribution in [-0.4, -0.2) is 65.0 Å². The highest BCUT2D eigenvalue weighted by atomic mass is 16.5. The van der Waals surface area contributed by atoms with Crippen molar-refractivity contribution in [3.63, 3.8) is 0 Å². The zero-order chi connectivity index (χ0) is 28.8. The Labute approximate surface area is 241 Å². The fraction of sp³-hybridized carbons (Fsp3) is 0.323. The van der Waals surface area contributed by atoms with Gasteiger partial charge < -0.3 is 20.3 Å². The Hall–Kier alpha value is -4.61. The Morgan fingerprint density at radius 3 is 2.69 bits per heavy atom. The summed E-state index contributed by atoms with van der Waals surface area (Å²) in [6.07, 6.45) is 7.31. The van der Waals surface area contributed by atoms with Crippen LogP contribution in [0.5, 0.6) is 0 Å². The van der Waals surface area contributed by atoms with Crippen molar-refractivity contribution in [2.24, 2.45) is 5.73 Å². The van der Waals surface area contributed by atoms with E-state index < -0.39 is 5.60 Å². The van der Waals surface area contributed by atoms with Crippen molar-refractivity contribution in [3.8, 4) is 11.3 Å². The first-order chi connectivity index (χ1) is 20.4. The minimum absolute atomic E-state index is 0.0583. The minimum Gasteiger partial charge on any atom is -0.388 e. The first kappa shape index (κ1) is 26.3. The highest BCUT2D eigenvalue weighted by Crippen LogP contribution is 2.29. The van der Waals surface area contributed by atoms with Gasteiger partial charge in [0.15, 0.2) is 0 Å². The number of likely N-dealkylation sites (tertiary alicyclic amines) is 1. The number of hydrogen-bond acceptors (Lipinski definition) is 8. The number of imidazole rings is 1. The number of benzene rings is 2. The Kier molecular flexibility index (Phi) is 6.47. The van der Waals surface area contributed by atoms with Crippen LogP contribution in [-0.2, 0) is 25.8 Å². The number of nitrogens with two attached hydrogens (primary N) is 1. The quantitative estimate of drug-likeness (QED) is 0.319. The molecule has 1 amide bonds. The van der Waals surface area contributed by atoms with Crippen LogP contribution >= 0.6 is 0 Å². The van der Waals surface area contributed by atoms with Crippen LogP contribution in [0.3, 0.4) is 0 Å². The van der Waals surface area contributed by atoms with Gasteiger partial charge in [-0.15, -0.1) is 0 Å². The average molecular weight is 566 g/mol. The number of piperidine rings is 1. The van der Waals surface area contributed by atoms with Crippen molar-refractivity contribution in [1.82, 2.24) is 29.2 Å². The third kappa shape index (κ3) is 4.80.